The van der Waals surface area contributed by atoms with Crippen molar-refractivity contribution in [3.8, 4) is 0 Å². The van der Waals surface area contributed by atoms with Crippen molar-refractivity contribution in [2.45, 2.75) is 86.5 Å². The molecule has 0 aliphatic heterocycles. The van der Waals surface area contributed by atoms with E-state index in [2.05, 4.69) is 48.8 Å². The fraction of sp³-hybridized carbons (Fsp3) is 0.533. The molecule has 0 amide bonds. The van der Waals surface area contributed by atoms with Gasteiger partial charge in [-0.05, 0) is 31.2 Å². The van der Waals surface area contributed by atoms with Crippen LogP contribution in [0.1, 0.15) is 93.9 Å². The van der Waals surface area contributed by atoms with Crippen LogP contribution in [0.3, 0.4) is 0 Å². The largest absolute Gasteiger partial charge is 0.462 e. The number of carbonyl (C=O) groups is 2. The van der Waals surface area contributed by atoms with Crippen LogP contribution in [0, 0.1) is 0 Å². The first kappa shape index (κ1) is 32.7. The first-order valence-electron chi connectivity index (χ1n) is 13.6. The Morgan fingerprint density at radius 1 is 0.639 bits per heavy atom. The van der Waals surface area contributed by atoms with Crippen molar-refractivity contribution in [2.24, 2.45) is 0 Å². The maximum absolute atomic E-state index is 11.9. The van der Waals surface area contributed by atoms with E-state index in [1.54, 1.807) is 22.6 Å². The third kappa shape index (κ3) is 11.4. The summed E-state index contributed by atoms with van der Waals surface area (Å²) >= 11 is 0.930. The molecule has 6 heteroatoms. The molecular formula is C30H45BrO4Sn. The van der Waals surface area contributed by atoms with E-state index in [1.807, 2.05) is 31.2 Å². The monoisotopic (exact) mass is 668 g/mol. The molecular weight excluding hydrogens is 623 g/mol. The van der Waals surface area contributed by atoms with Gasteiger partial charge in [0.15, 0.2) is 0 Å². The van der Waals surface area contributed by atoms with E-state index >= 15 is 0 Å². The molecule has 0 saturated heterocycles. The van der Waals surface area contributed by atoms with Gasteiger partial charge in [-0.1, -0.05) is 15.9 Å². The van der Waals surface area contributed by atoms with E-state index in [0.717, 1.165) is 4.47 Å². The van der Waals surface area contributed by atoms with Crippen LogP contribution in [0.15, 0.2) is 53.0 Å². The van der Waals surface area contributed by atoms with Gasteiger partial charge in [0.1, 0.15) is 0 Å². The minimum atomic E-state index is -2.35. The Bertz CT molecular complexity index is 859. The van der Waals surface area contributed by atoms with Gasteiger partial charge in [-0.2, -0.15) is 0 Å². The van der Waals surface area contributed by atoms with Crippen LogP contribution >= 0.6 is 15.9 Å². The van der Waals surface area contributed by atoms with Gasteiger partial charge in [0.25, 0.3) is 0 Å². The Hall–Kier alpha value is -1.34. The number of benzene rings is 2. The summed E-state index contributed by atoms with van der Waals surface area (Å²) in [4.78, 5) is 23.0. The van der Waals surface area contributed by atoms with E-state index in [4.69, 9.17) is 9.47 Å². The van der Waals surface area contributed by atoms with Gasteiger partial charge in [0.2, 0.25) is 0 Å². The van der Waals surface area contributed by atoms with Crippen LogP contribution in [0.2, 0.25) is 13.3 Å². The Morgan fingerprint density at radius 2 is 1.00 bits per heavy atom. The van der Waals surface area contributed by atoms with Crippen molar-refractivity contribution in [3.05, 3.63) is 64.1 Å². The third-order valence-corrected chi connectivity index (χ3v) is 22.6. The number of halogens is 1. The molecule has 0 fully saturated rings. The van der Waals surface area contributed by atoms with Gasteiger partial charge in [0.05, 0.1) is 12.2 Å². The molecule has 0 saturated carbocycles. The smallest absolute Gasteiger partial charge is 0.338 e. The Balaban J connectivity index is 0.000000450. The van der Waals surface area contributed by atoms with Crippen molar-refractivity contribution >= 4 is 49.8 Å². The molecule has 36 heavy (non-hydrogen) atoms. The molecule has 0 aliphatic rings. The summed E-state index contributed by atoms with van der Waals surface area (Å²) < 4.78 is 16.9. The molecule has 0 heterocycles. The van der Waals surface area contributed by atoms with Crippen LogP contribution in [0.5, 0.6) is 0 Å². The van der Waals surface area contributed by atoms with Gasteiger partial charge >= 0.3 is 159 Å². The maximum atomic E-state index is 11.9. The van der Waals surface area contributed by atoms with Crippen molar-refractivity contribution in [1.82, 2.24) is 0 Å². The van der Waals surface area contributed by atoms with Crippen LogP contribution < -0.4 is 3.58 Å². The molecule has 0 spiro atoms. The second-order valence-electron chi connectivity index (χ2n) is 9.12. The third-order valence-electron chi connectivity index (χ3n) is 6.39. The minimum Gasteiger partial charge on any atom is -0.462 e. The molecule has 0 atom stereocenters. The van der Waals surface area contributed by atoms with Gasteiger partial charge in [-0.15, -0.1) is 0 Å². The fourth-order valence-electron chi connectivity index (χ4n) is 4.33. The summed E-state index contributed by atoms with van der Waals surface area (Å²) in [6.07, 6.45) is 7.96. The van der Waals surface area contributed by atoms with Crippen LogP contribution in [-0.4, -0.2) is 43.5 Å². The van der Waals surface area contributed by atoms with Crippen molar-refractivity contribution in [2.75, 3.05) is 13.2 Å². The second-order valence-corrected chi connectivity index (χ2v) is 23.3. The van der Waals surface area contributed by atoms with E-state index in [1.165, 1.54) is 51.8 Å². The quantitative estimate of drug-likeness (QED) is 0.150. The normalized spacial score (nSPS) is 10.8. The Morgan fingerprint density at radius 3 is 1.33 bits per heavy atom. The number of esters is 2. The topological polar surface area (TPSA) is 52.6 Å². The minimum absolute atomic E-state index is 0.194. The summed E-state index contributed by atoms with van der Waals surface area (Å²) in [6.45, 7) is 11.4. The van der Waals surface area contributed by atoms with Crippen molar-refractivity contribution < 1.29 is 19.1 Å². The zero-order chi connectivity index (χ0) is 26.8. The summed E-state index contributed by atoms with van der Waals surface area (Å²) in [6, 6.07) is 15.6. The molecule has 2 aromatic carbocycles. The van der Waals surface area contributed by atoms with Crippen LogP contribution in [-0.2, 0) is 9.47 Å². The van der Waals surface area contributed by atoms with Crippen LogP contribution in [0.25, 0.3) is 0 Å². The van der Waals surface area contributed by atoms with E-state index in [0.29, 0.717) is 24.3 Å². The summed E-state index contributed by atoms with van der Waals surface area (Å²) in [7, 11) is 0. The maximum Gasteiger partial charge on any atom is 0.338 e. The number of hydrogen-bond donors (Lipinski definition) is 0. The molecule has 0 aromatic heterocycles. The molecule has 200 valence electrons. The molecule has 0 N–H and O–H groups in total. The SMILES string of the molecule is CCC[CH2][Sn]([CH2]CCC)([CH2]CCC)[c]1ccc(C(=O)OCC)cc1.CCOC(=O)c1ccc(Br)cc1. The van der Waals surface area contributed by atoms with Crippen LogP contribution in [0.4, 0.5) is 0 Å². The molecule has 0 radical (unpaired) electrons. The number of unbranched alkanes of at least 4 members (excludes halogenated alkanes) is 3. The molecule has 4 nitrogen and oxygen atoms in total. The number of carbonyl (C=O) groups excluding carboxylic acids is 2. The number of rotatable bonds is 14. The Labute approximate surface area is 231 Å². The molecule has 0 aliphatic carbocycles. The number of hydrogen-bond acceptors (Lipinski definition) is 4. The first-order chi connectivity index (χ1) is 17.4. The standard InChI is InChI=1S/C9H9BrO2.C9H9O2.3C4H9.Sn/c1-2-12-9(11)7-3-5-8(10)6-4-7;1-2-11-9(10)8-6-4-3-5-7-8;3*1-3-4-2;/h3-6H,2H2,1H3;4-7H,2H2,1H3;3*1,3-4H2,2H3;. The molecule has 2 aromatic rings. The zero-order valence-electron chi connectivity index (χ0n) is 22.9. The summed E-state index contributed by atoms with van der Waals surface area (Å²) in [5, 5.41) is 0. The summed E-state index contributed by atoms with van der Waals surface area (Å²) in [5.74, 6) is -0.467. The van der Waals surface area contributed by atoms with E-state index in [9.17, 15) is 9.59 Å². The molecule has 2 rings (SSSR count). The van der Waals surface area contributed by atoms with Gasteiger partial charge in [-0.25, -0.2) is 4.79 Å². The predicted molar refractivity (Wildman–Crippen MR) is 157 cm³/mol. The molecule has 0 bridgehead atoms. The first-order valence-corrected chi connectivity index (χ1v) is 21.8. The Kier molecular flexibility index (Phi) is 17.1. The van der Waals surface area contributed by atoms with Crippen molar-refractivity contribution in [3.63, 3.8) is 0 Å². The van der Waals surface area contributed by atoms with Gasteiger partial charge in [0, 0.05) is 4.47 Å². The number of ether oxygens (including phenoxy) is 2. The average Bonchev–Trinajstić information content (AvgIpc) is 2.90. The van der Waals surface area contributed by atoms with E-state index in [-0.39, 0.29) is 11.9 Å². The zero-order valence-corrected chi connectivity index (χ0v) is 27.3. The van der Waals surface area contributed by atoms with E-state index < -0.39 is 18.4 Å². The van der Waals surface area contributed by atoms with Crippen molar-refractivity contribution in [1.29, 1.82) is 0 Å². The molecule has 0 unspecified atom stereocenters. The van der Waals surface area contributed by atoms with Gasteiger partial charge in [-0.3, -0.25) is 0 Å². The fourth-order valence-corrected chi connectivity index (χ4v) is 20.5. The second kappa shape index (κ2) is 18.8. The summed E-state index contributed by atoms with van der Waals surface area (Å²) in [5.41, 5.74) is 1.28. The average molecular weight is 668 g/mol. The van der Waals surface area contributed by atoms with Gasteiger partial charge < -0.3 is 4.74 Å². The predicted octanol–water partition coefficient (Wildman–Crippen LogP) is 8.55.